The topological polar surface area (TPSA) is 84.9 Å². The number of ether oxygens (including phenoxy) is 2. The van der Waals surface area contributed by atoms with Crippen LogP contribution in [-0.2, 0) is 11.4 Å². The highest BCUT2D eigenvalue weighted by atomic mass is 35.5. The molecule has 0 spiro atoms. The van der Waals surface area contributed by atoms with Crippen LogP contribution >= 0.6 is 11.6 Å². The molecule has 4 saturated carbocycles. The summed E-state index contributed by atoms with van der Waals surface area (Å²) in [5.74, 6) is -0.207. The molecule has 2 N–H and O–H groups in total. The van der Waals surface area contributed by atoms with Gasteiger partial charge in [-0.3, -0.25) is 4.79 Å². The molecule has 4 aliphatic carbocycles. The van der Waals surface area contributed by atoms with Gasteiger partial charge < -0.3 is 19.9 Å². The first-order valence-electron chi connectivity index (χ1n) is 13.7. The van der Waals surface area contributed by atoms with Gasteiger partial charge in [0, 0.05) is 15.8 Å². The number of carboxylic acid groups (broad SMARTS) is 1. The van der Waals surface area contributed by atoms with Crippen LogP contribution in [0.15, 0.2) is 54.6 Å². The van der Waals surface area contributed by atoms with E-state index in [0.717, 1.165) is 43.9 Å². The first kappa shape index (κ1) is 27.7. The molecule has 4 bridgehead atoms. The summed E-state index contributed by atoms with van der Waals surface area (Å²) in [7, 11) is 0. The summed E-state index contributed by atoms with van der Waals surface area (Å²) < 4.78 is 47.6. The summed E-state index contributed by atoms with van der Waals surface area (Å²) in [5.41, 5.74) is 0.243. The number of carbonyl (C=O) groups is 2. The Morgan fingerprint density at radius 2 is 1.59 bits per heavy atom. The zero-order valence-corrected chi connectivity index (χ0v) is 22.8. The quantitative estimate of drug-likeness (QED) is 0.287. The van der Waals surface area contributed by atoms with E-state index in [1.54, 1.807) is 30.3 Å². The van der Waals surface area contributed by atoms with Crippen LogP contribution in [0.25, 0.3) is 10.8 Å². The minimum absolute atomic E-state index is 0.0600. The van der Waals surface area contributed by atoms with E-state index in [0.29, 0.717) is 33.7 Å². The van der Waals surface area contributed by atoms with Crippen molar-refractivity contribution in [3.8, 4) is 11.5 Å². The average molecular weight is 588 g/mol. The van der Waals surface area contributed by atoms with Crippen molar-refractivity contribution in [3.63, 3.8) is 0 Å². The summed E-state index contributed by atoms with van der Waals surface area (Å²) >= 11 is 6.27. The van der Waals surface area contributed by atoms with Crippen molar-refractivity contribution in [2.75, 3.05) is 0 Å². The zero-order valence-electron chi connectivity index (χ0n) is 22.0. The van der Waals surface area contributed by atoms with Crippen molar-refractivity contribution in [2.24, 2.45) is 23.2 Å². The van der Waals surface area contributed by atoms with Gasteiger partial charge in [-0.15, -0.1) is 13.2 Å². The standard InChI is InChI=1S/C31H29ClF3NO5/c32-22-5-3-21-4-8-24(26(25(21)12-22)40-16-17-1-6-23(7-2-17)41-31(33,34)35)28(37)36-27(29(38)39)30-13-18-9-19(14-30)11-20(10-18)15-30/h1-8,12,18-20,27H,9-11,13-16H2,(H,36,37)(H,38,39). The Bertz CT molecular complexity index is 1450. The Morgan fingerprint density at radius 1 is 0.976 bits per heavy atom. The number of rotatable bonds is 8. The minimum atomic E-state index is -4.80. The van der Waals surface area contributed by atoms with Crippen LogP contribution in [0.4, 0.5) is 13.2 Å². The molecule has 6 nitrogen and oxygen atoms in total. The highest BCUT2D eigenvalue weighted by molar-refractivity contribution is 6.31. The second-order valence-corrected chi connectivity index (χ2v) is 12.2. The predicted molar refractivity (Wildman–Crippen MR) is 146 cm³/mol. The normalized spacial score (nSPS) is 25.6. The van der Waals surface area contributed by atoms with E-state index in [1.165, 1.54) is 24.3 Å². The fourth-order valence-corrected chi connectivity index (χ4v) is 7.93. The third-order valence-electron chi connectivity index (χ3n) is 8.94. The second-order valence-electron chi connectivity index (χ2n) is 11.8. The van der Waals surface area contributed by atoms with E-state index in [9.17, 15) is 27.9 Å². The number of alkyl halides is 3. The molecule has 7 rings (SSSR count). The van der Waals surface area contributed by atoms with E-state index >= 15 is 0 Å². The van der Waals surface area contributed by atoms with Gasteiger partial charge in [0.1, 0.15) is 24.1 Å². The number of aliphatic carboxylic acids is 1. The number of nitrogens with one attached hydrogen (secondary N) is 1. The van der Waals surface area contributed by atoms with E-state index in [2.05, 4.69) is 10.1 Å². The molecule has 0 aromatic heterocycles. The number of amides is 1. The van der Waals surface area contributed by atoms with Crippen LogP contribution in [0, 0.1) is 23.2 Å². The van der Waals surface area contributed by atoms with Crippen molar-refractivity contribution in [1.82, 2.24) is 5.32 Å². The third-order valence-corrected chi connectivity index (χ3v) is 9.17. The van der Waals surface area contributed by atoms with Gasteiger partial charge in [0.2, 0.25) is 0 Å². The summed E-state index contributed by atoms with van der Waals surface area (Å²) in [6.45, 7) is -0.0600. The van der Waals surface area contributed by atoms with Crippen molar-refractivity contribution in [2.45, 2.75) is 57.5 Å². The van der Waals surface area contributed by atoms with E-state index < -0.39 is 29.7 Å². The molecule has 10 heteroatoms. The first-order chi connectivity index (χ1) is 19.5. The van der Waals surface area contributed by atoms with Crippen molar-refractivity contribution in [1.29, 1.82) is 0 Å². The summed E-state index contributed by atoms with van der Waals surface area (Å²) in [6.07, 6.45) is 1.06. The molecule has 0 radical (unpaired) electrons. The lowest BCUT2D eigenvalue weighted by atomic mass is 9.47. The van der Waals surface area contributed by atoms with Crippen LogP contribution in [0.5, 0.6) is 11.5 Å². The molecule has 41 heavy (non-hydrogen) atoms. The average Bonchev–Trinajstić information content (AvgIpc) is 2.89. The molecule has 1 amide bonds. The summed E-state index contributed by atoms with van der Waals surface area (Å²) in [4.78, 5) is 26.4. The van der Waals surface area contributed by atoms with E-state index in [4.69, 9.17) is 16.3 Å². The molecule has 0 heterocycles. The van der Waals surface area contributed by atoms with Crippen molar-refractivity contribution < 1.29 is 37.3 Å². The van der Waals surface area contributed by atoms with Gasteiger partial charge >= 0.3 is 12.3 Å². The summed E-state index contributed by atoms with van der Waals surface area (Å²) in [5, 5.41) is 14.9. The Morgan fingerprint density at radius 3 is 2.17 bits per heavy atom. The zero-order chi connectivity index (χ0) is 28.9. The number of hydrogen-bond donors (Lipinski definition) is 2. The Balaban J connectivity index is 1.28. The number of carboxylic acids is 1. The number of hydrogen-bond acceptors (Lipinski definition) is 4. The highest BCUT2D eigenvalue weighted by Gasteiger charge is 2.56. The molecular formula is C31H29ClF3NO5. The molecule has 1 unspecified atom stereocenters. The SMILES string of the molecule is O=C(NC(C(=O)O)C12CC3CC(CC(C3)C1)C2)c1ccc2ccc(Cl)cc2c1OCc1ccc(OC(F)(F)F)cc1. The summed E-state index contributed by atoms with van der Waals surface area (Å²) in [6, 6.07) is 12.7. The number of halogens is 4. The molecule has 216 valence electrons. The minimum Gasteiger partial charge on any atom is -0.487 e. The molecule has 4 aliphatic rings. The van der Waals surface area contributed by atoms with Crippen LogP contribution in [-0.4, -0.2) is 29.4 Å². The molecule has 4 fully saturated rings. The van der Waals surface area contributed by atoms with Gasteiger partial charge in [-0.05, 0) is 97.6 Å². The highest BCUT2D eigenvalue weighted by Crippen LogP contribution is 2.61. The van der Waals surface area contributed by atoms with Crippen LogP contribution in [0.2, 0.25) is 5.02 Å². The molecule has 3 aromatic rings. The number of benzene rings is 3. The fourth-order valence-electron chi connectivity index (χ4n) is 7.76. The lowest BCUT2D eigenvalue weighted by molar-refractivity contribution is -0.274. The maximum atomic E-state index is 13.8. The number of carbonyl (C=O) groups excluding carboxylic acids is 1. The third kappa shape index (κ3) is 5.69. The number of fused-ring (bicyclic) bond motifs is 1. The maximum Gasteiger partial charge on any atom is 0.573 e. The van der Waals surface area contributed by atoms with Gasteiger partial charge in [-0.1, -0.05) is 35.9 Å². The molecule has 1 atom stereocenters. The maximum absolute atomic E-state index is 13.8. The van der Waals surface area contributed by atoms with E-state index in [-0.39, 0.29) is 23.7 Å². The van der Waals surface area contributed by atoms with Gasteiger partial charge in [-0.2, -0.15) is 0 Å². The van der Waals surface area contributed by atoms with Crippen LogP contribution in [0.3, 0.4) is 0 Å². The smallest absolute Gasteiger partial charge is 0.487 e. The second kappa shape index (κ2) is 10.4. The molecule has 3 aromatic carbocycles. The lowest BCUT2D eigenvalue weighted by Crippen LogP contribution is -2.59. The van der Waals surface area contributed by atoms with Crippen molar-refractivity contribution in [3.05, 3.63) is 70.7 Å². The van der Waals surface area contributed by atoms with E-state index in [1.807, 2.05) is 0 Å². The lowest BCUT2D eigenvalue weighted by Gasteiger charge is -2.58. The van der Waals surface area contributed by atoms with Gasteiger partial charge in [0.25, 0.3) is 5.91 Å². The Labute approximate surface area is 239 Å². The molecular weight excluding hydrogens is 559 g/mol. The van der Waals surface area contributed by atoms with Crippen LogP contribution in [0.1, 0.15) is 54.4 Å². The largest absolute Gasteiger partial charge is 0.573 e. The monoisotopic (exact) mass is 587 g/mol. The Kier molecular flexibility index (Phi) is 7.04. The van der Waals surface area contributed by atoms with Gasteiger partial charge in [0.15, 0.2) is 0 Å². The molecule has 0 saturated heterocycles. The molecule has 0 aliphatic heterocycles. The first-order valence-corrected chi connectivity index (χ1v) is 14.1. The van der Waals surface area contributed by atoms with Crippen LogP contribution < -0.4 is 14.8 Å². The van der Waals surface area contributed by atoms with Gasteiger partial charge in [-0.25, -0.2) is 4.79 Å². The Hall–Kier alpha value is -3.46. The fraction of sp³-hybridized carbons (Fsp3) is 0.419. The van der Waals surface area contributed by atoms with Gasteiger partial charge in [0.05, 0.1) is 5.56 Å². The van der Waals surface area contributed by atoms with Crippen molar-refractivity contribution >= 4 is 34.2 Å². The predicted octanol–water partition coefficient (Wildman–Crippen LogP) is 7.37.